The van der Waals surface area contributed by atoms with E-state index < -0.39 is 0 Å². The lowest BCUT2D eigenvalue weighted by Crippen LogP contribution is -1.91. The molecule has 0 radical (unpaired) electrons. The van der Waals surface area contributed by atoms with E-state index in [0.29, 0.717) is 0 Å². The Hall–Kier alpha value is -8.32. The zero-order chi connectivity index (χ0) is 41.9. The van der Waals surface area contributed by atoms with Gasteiger partial charge in [0.05, 0.1) is 0 Å². The van der Waals surface area contributed by atoms with Gasteiger partial charge in [0.25, 0.3) is 0 Å². The molecule has 0 heteroatoms. The van der Waals surface area contributed by atoms with Crippen molar-refractivity contribution in [1.82, 2.24) is 0 Å². The number of hydrogen-bond donors (Lipinski definition) is 0. The van der Waals surface area contributed by atoms with E-state index in [1.54, 1.807) is 0 Å². The molecule has 0 saturated carbocycles. The fourth-order valence-electron chi connectivity index (χ4n) is 11.4. The smallest absolute Gasteiger partial charge is 0.000719 e. The van der Waals surface area contributed by atoms with E-state index in [2.05, 4.69) is 231 Å². The largest absolute Gasteiger partial charge is 0.0622 e. The summed E-state index contributed by atoms with van der Waals surface area (Å²) in [4.78, 5) is 0. The van der Waals surface area contributed by atoms with Gasteiger partial charge < -0.3 is 0 Å². The predicted octanol–water partition coefficient (Wildman–Crippen LogP) is 18.1. The van der Waals surface area contributed by atoms with Crippen molar-refractivity contribution < 1.29 is 0 Å². The minimum absolute atomic E-state index is 1.23. The summed E-state index contributed by atoms with van der Waals surface area (Å²) in [5.74, 6) is 0. The van der Waals surface area contributed by atoms with E-state index >= 15 is 0 Å². The van der Waals surface area contributed by atoms with Crippen LogP contribution in [0.3, 0.4) is 0 Å². The van der Waals surface area contributed by atoms with Crippen molar-refractivity contribution in [2.24, 2.45) is 0 Å². The fraction of sp³-hybridized carbons (Fsp3) is 0. The van der Waals surface area contributed by atoms with Crippen LogP contribution in [0.4, 0.5) is 0 Å². The Morgan fingerprint density at radius 2 is 0.625 bits per heavy atom. The first kappa shape index (κ1) is 35.3. The first-order chi connectivity index (χ1) is 31.8. The quantitative estimate of drug-likeness (QED) is 0.152. The van der Waals surface area contributed by atoms with Crippen LogP contribution >= 0.6 is 0 Å². The van der Waals surface area contributed by atoms with Crippen LogP contribution in [0.2, 0.25) is 0 Å². The zero-order valence-corrected chi connectivity index (χ0v) is 34.9. The molecule has 14 aromatic carbocycles. The van der Waals surface area contributed by atoms with Crippen LogP contribution in [-0.2, 0) is 0 Å². The van der Waals surface area contributed by atoms with Crippen molar-refractivity contribution in [3.8, 4) is 55.6 Å². The summed E-state index contributed by atoms with van der Waals surface area (Å²) < 4.78 is 0. The zero-order valence-electron chi connectivity index (χ0n) is 34.9. The topological polar surface area (TPSA) is 0 Å². The van der Waals surface area contributed by atoms with Crippen molar-refractivity contribution >= 4 is 86.2 Å². The maximum atomic E-state index is 2.53. The third-order valence-corrected chi connectivity index (χ3v) is 14.1. The van der Waals surface area contributed by atoms with Crippen LogP contribution in [0.25, 0.3) is 142 Å². The molecule has 0 amide bonds. The Labute approximate surface area is 370 Å². The summed E-state index contributed by atoms with van der Waals surface area (Å²) in [6, 6.07) is 85.9. The number of hydrogen-bond acceptors (Lipinski definition) is 0. The molecule has 0 unspecified atom stereocenters. The number of rotatable bonds is 5. The molecular weight excluding hydrogens is 769 g/mol. The van der Waals surface area contributed by atoms with Crippen LogP contribution in [0.15, 0.2) is 231 Å². The van der Waals surface area contributed by atoms with Crippen LogP contribution in [-0.4, -0.2) is 0 Å². The van der Waals surface area contributed by atoms with Gasteiger partial charge in [0, 0.05) is 0 Å². The molecular formula is C64H38. The Kier molecular flexibility index (Phi) is 7.49. The van der Waals surface area contributed by atoms with Crippen molar-refractivity contribution in [1.29, 1.82) is 0 Å². The molecule has 294 valence electrons. The van der Waals surface area contributed by atoms with Gasteiger partial charge >= 0.3 is 0 Å². The molecule has 14 aromatic rings. The molecule has 0 aliphatic rings. The minimum Gasteiger partial charge on any atom is -0.0622 e. The number of fused-ring (bicyclic) bond motifs is 9. The molecule has 0 fully saturated rings. The summed E-state index contributed by atoms with van der Waals surface area (Å²) in [6.45, 7) is 0. The molecule has 0 nitrogen and oxygen atoms in total. The van der Waals surface area contributed by atoms with Gasteiger partial charge in [-0.2, -0.15) is 0 Å². The van der Waals surface area contributed by atoms with Crippen LogP contribution in [0.1, 0.15) is 0 Å². The Morgan fingerprint density at radius 3 is 1.30 bits per heavy atom. The van der Waals surface area contributed by atoms with E-state index in [9.17, 15) is 0 Å². The van der Waals surface area contributed by atoms with Gasteiger partial charge in [-0.3, -0.25) is 0 Å². The van der Waals surface area contributed by atoms with Crippen LogP contribution in [0.5, 0.6) is 0 Å². The van der Waals surface area contributed by atoms with E-state index in [1.807, 2.05) is 0 Å². The third-order valence-electron chi connectivity index (χ3n) is 14.1. The molecule has 14 rings (SSSR count). The van der Waals surface area contributed by atoms with Gasteiger partial charge in [0.2, 0.25) is 0 Å². The molecule has 0 heterocycles. The summed E-state index contributed by atoms with van der Waals surface area (Å²) in [5, 5.41) is 20.9. The second kappa shape index (κ2) is 13.6. The lowest BCUT2D eigenvalue weighted by molar-refractivity contribution is 1.59. The van der Waals surface area contributed by atoms with Gasteiger partial charge in [-0.1, -0.05) is 212 Å². The standard InChI is InChI=1S/C64H38/c1-4-16-39(17-5-1)46-22-10-11-23-47(46)44-32-30-43-37-45(33-31-42(43)36-44)48-34-35-55-60-51(48)26-14-29-54(60)64-59(41-20-8-3-9-21-41)62-53-28-15-27-52-49-24-12-13-25-50(49)56(61(52)53)38-57(62)58(63(55)64)40-18-6-2-7-19-40/h1-38H. The van der Waals surface area contributed by atoms with Gasteiger partial charge in [0.1, 0.15) is 0 Å². The van der Waals surface area contributed by atoms with Crippen molar-refractivity contribution in [3.05, 3.63) is 231 Å². The molecule has 0 saturated heterocycles. The monoisotopic (exact) mass is 806 g/mol. The summed E-state index contributed by atoms with van der Waals surface area (Å²) in [5.41, 5.74) is 12.5. The predicted molar refractivity (Wildman–Crippen MR) is 276 cm³/mol. The van der Waals surface area contributed by atoms with Gasteiger partial charge in [0.15, 0.2) is 0 Å². The lowest BCUT2D eigenvalue weighted by atomic mass is 9.84. The van der Waals surface area contributed by atoms with Crippen molar-refractivity contribution in [2.45, 2.75) is 0 Å². The van der Waals surface area contributed by atoms with Gasteiger partial charge in [-0.25, -0.2) is 0 Å². The molecule has 64 heavy (non-hydrogen) atoms. The SMILES string of the molecule is c1ccc(-c2ccccc2-c2ccc3cc(-c4ccc5c6c(-c7ccccc7)c7cc8c9ccccc9c9cccc(c7c(-c7ccccc7)c6c6cccc4c56)c98)ccc3c2)cc1. The van der Waals surface area contributed by atoms with E-state index in [1.165, 1.54) is 142 Å². The molecule has 0 aromatic heterocycles. The third kappa shape index (κ3) is 5.00. The average molecular weight is 807 g/mol. The van der Waals surface area contributed by atoms with Crippen LogP contribution < -0.4 is 0 Å². The lowest BCUT2D eigenvalue weighted by Gasteiger charge is -2.19. The molecule has 0 atom stereocenters. The van der Waals surface area contributed by atoms with E-state index in [0.717, 1.165) is 0 Å². The summed E-state index contributed by atoms with van der Waals surface area (Å²) in [6.07, 6.45) is 0. The molecule has 0 aliphatic carbocycles. The molecule has 0 aliphatic heterocycles. The highest BCUT2D eigenvalue weighted by atomic mass is 14.3. The molecule has 0 N–H and O–H groups in total. The second-order valence-corrected chi connectivity index (χ2v) is 17.4. The first-order valence-electron chi connectivity index (χ1n) is 22.3. The Bertz CT molecular complexity index is 4140. The maximum absolute atomic E-state index is 2.53. The Morgan fingerprint density at radius 1 is 0.172 bits per heavy atom. The molecule has 0 bridgehead atoms. The highest BCUT2D eigenvalue weighted by molar-refractivity contribution is 6.45. The first-order valence-corrected chi connectivity index (χ1v) is 22.3. The van der Waals surface area contributed by atoms with Crippen molar-refractivity contribution in [3.63, 3.8) is 0 Å². The highest BCUT2D eigenvalue weighted by Gasteiger charge is 2.27. The van der Waals surface area contributed by atoms with E-state index in [4.69, 9.17) is 0 Å². The number of benzene rings is 12. The highest BCUT2D eigenvalue weighted by Crippen LogP contribution is 2.55. The fourth-order valence-corrected chi connectivity index (χ4v) is 11.4. The van der Waals surface area contributed by atoms with Crippen LogP contribution in [0, 0.1) is 0 Å². The summed E-state index contributed by atoms with van der Waals surface area (Å²) >= 11 is 0. The van der Waals surface area contributed by atoms with Gasteiger partial charge in [-0.05, 0) is 160 Å². The maximum Gasteiger partial charge on any atom is -0.000719 e. The minimum atomic E-state index is 1.23. The Balaban J connectivity index is 1.06. The van der Waals surface area contributed by atoms with E-state index in [-0.39, 0.29) is 0 Å². The normalized spacial score (nSPS) is 12.1. The average Bonchev–Trinajstić information content (AvgIpc) is 3.87. The van der Waals surface area contributed by atoms with Crippen molar-refractivity contribution in [2.75, 3.05) is 0 Å². The summed E-state index contributed by atoms with van der Waals surface area (Å²) in [7, 11) is 0. The molecule has 0 spiro atoms. The van der Waals surface area contributed by atoms with Gasteiger partial charge in [-0.15, -0.1) is 0 Å². The second-order valence-electron chi connectivity index (χ2n) is 17.4.